The van der Waals surface area contributed by atoms with Crippen LogP contribution in [0.25, 0.3) is 9.75 Å². The molecule has 0 fully saturated rings. The van der Waals surface area contributed by atoms with Gasteiger partial charge in [-0.05, 0) is 80.8 Å². The van der Waals surface area contributed by atoms with Crippen LogP contribution in [0, 0.1) is 0 Å². The lowest BCUT2D eigenvalue weighted by Gasteiger charge is -2.04. The van der Waals surface area contributed by atoms with Gasteiger partial charge >= 0.3 is 0 Å². The van der Waals surface area contributed by atoms with Crippen LogP contribution in [-0.4, -0.2) is 0 Å². The van der Waals surface area contributed by atoms with Crippen molar-refractivity contribution in [3.63, 3.8) is 0 Å². The highest BCUT2D eigenvalue weighted by Crippen LogP contribution is 2.42. The van der Waals surface area contributed by atoms with E-state index in [1.54, 1.807) is 0 Å². The SMILES string of the molecule is CCCCCCCCCCCCCCCCCCCc1cc(-c2cc(CCCCCCCCCCCCCCCCCCC)c(Br)s2)sc1Br. The predicted molar refractivity (Wildman–Crippen MR) is 239 cm³/mol. The Morgan fingerprint density at radius 1 is 0.320 bits per heavy atom. The molecule has 0 aromatic carbocycles. The summed E-state index contributed by atoms with van der Waals surface area (Å²) in [7, 11) is 0. The van der Waals surface area contributed by atoms with Crippen LogP contribution >= 0.6 is 54.5 Å². The van der Waals surface area contributed by atoms with Gasteiger partial charge in [0, 0.05) is 9.75 Å². The van der Waals surface area contributed by atoms with Crippen molar-refractivity contribution in [2.75, 3.05) is 0 Å². The first-order valence-electron chi connectivity index (χ1n) is 22.2. The molecule has 2 aromatic rings. The van der Waals surface area contributed by atoms with Crippen LogP contribution in [0.3, 0.4) is 0 Å². The average Bonchev–Trinajstić information content (AvgIpc) is 3.68. The summed E-state index contributed by atoms with van der Waals surface area (Å²) in [6, 6.07) is 4.94. The number of unbranched alkanes of at least 4 members (excludes halogenated alkanes) is 32. The summed E-state index contributed by atoms with van der Waals surface area (Å²) in [6.45, 7) is 4.61. The van der Waals surface area contributed by atoms with Crippen molar-refractivity contribution >= 4 is 54.5 Å². The molecule has 0 bridgehead atoms. The van der Waals surface area contributed by atoms with Crippen molar-refractivity contribution in [1.82, 2.24) is 0 Å². The number of halogens is 2. The monoisotopic (exact) mass is 854 g/mol. The largest absolute Gasteiger partial charge is 0.127 e. The summed E-state index contributed by atoms with van der Waals surface area (Å²) in [5.41, 5.74) is 3.04. The molecule has 290 valence electrons. The zero-order valence-corrected chi connectivity index (χ0v) is 38.0. The first-order valence-corrected chi connectivity index (χ1v) is 25.4. The molecule has 2 heterocycles. The van der Waals surface area contributed by atoms with Gasteiger partial charge in [0.1, 0.15) is 0 Å². The number of rotatable bonds is 37. The molecule has 4 heteroatoms. The van der Waals surface area contributed by atoms with Crippen molar-refractivity contribution in [1.29, 1.82) is 0 Å². The summed E-state index contributed by atoms with van der Waals surface area (Å²) in [6.07, 6.45) is 51.3. The Morgan fingerprint density at radius 3 is 0.740 bits per heavy atom. The molecule has 0 saturated carbocycles. The van der Waals surface area contributed by atoms with Crippen LogP contribution in [0.4, 0.5) is 0 Å². The second kappa shape index (κ2) is 33.9. The molecule has 0 saturated heterocycles. The Morgan fingerprint density at radius 2 is 0.520 bits per heavy atom. The van der Waals surface area contributed by atoms with Crippen LogP contribution in [0.1, 0.15) is 243 Å². The lowest BCUT2D eigenvalue weighted by molar-refractivity contribution is 0.527. The van der Waals surface area contributed by atoms with Crippen molar-refractivity contribution in [3.05, 3.63) is 30.8 Å². The number of hydrogen-bond donors (Lipinski definition) is 0. The molecule has 0 nitrogen and oxygen atoms in total. The fraction of sp³-hybridized carbons (Fsp3) is 0.826. The molecule has 50 heavy (non-hydrogen) atoms. The fourth-order valence-corrected chi connectivity index (χ4v) is 11.1. The molecule has 0 unspecified atom stereocenters. The molecular formula is C46H80Br2S2. The summed E-state index contributed by atoms with van der Waals surface area (Å²) in [5.74, 6) is 0. The summed E-state index contributed by atoms with van der Waals surface area (Å²) < 4.78 is 2.70. The lowest BCUT2D eigenvalue weighted by atomic mass is 10.0. The molecule has 0 spiro atoms. The van der Waals surface area contributed by atoms with Crippen LogP contribution in [0.5, 0.6) is 0 Å². The van der Waals surface area contributed by atoms with E-state index in [0.29, 0.717) is 0 Å². The Bertz CT molecular complexity index is 928. The maximum absolute atomic E-state index is 3.91. The Kier molecular flexibility index (Phi) is 31.5. The zero-order chi connectivity index (χ0) is 35.7. The third-order valence-electron chi connectivity index (χ3n) is 10.9. The maximum atomic E-state index is 3.91. The molecule has 2 aromatic heterocycles. The summed E-state index contributed by atoms with van der Waals surface area (Å²) in [4.78, 5) is 2.89. The van der Waals surface area contributed by atoms with E-state index in [-0.39, 0.29) is 0 Å². The molecule has 2 rings (SSSR count). The van der Waals surface area contributed by atoms with Gasteiger partial charge in [-0.15, -0.1) is 22.7 Å². The van der Waals surface area contributed by atoms with Gasteiger partial charge in [0.05, 0.1) is 7.57 Å². The number of thiophene rings is 2. The van der Waals surface area contributed by atoms with Crippen molar-refractivity contribution in [2.24, 2.45) is 0 Å². The van der Waals surface area contributed by atoms with Crippen LogP contribution < -0.4 is 0 Å². The first-order chi connectivity index (χ1) is 24.7. The van der Waals surface area contributed by atoms with Crippen LogP contribution in [-0.2, 0) is 12.8 Å². The smallest absolute Gasteiger partial charge is 0.0737 e. The molecular weight excluding hydrogens is 776 g/mol. The van der Waals surface area contributed by atoms with E-state index >= 15 is 0 Å². The van der Waals surface area contributed by atoms with E-state index < -0.39 is 0 Å². The summed E-state index contributed by atoms with van der Waals surface area (Å²) >= 11 is 11.7. The van der Waals surface area contributed by atoms with E-state index in [1.807, 2.05) is 22.7 Å². The summed E-state index contributed by atoms with van der Waals surface area (Å²) in [5, 5.41) is 0. The third-order valence-corrected chi connectivity index (χ3v) is 15.0. The van der Waals surface area contributed by atoms with E-state index in [9.17, 15) is 0 Å². The molecule has 0 atom stereocenters. The Hall–Kier alpha value is 0.360. The highest BCUT2D eigenvalue weighted by atomic mass is 79.9. The van der Waals surface area contributed by atoms with Gasteiger partial charge in [0.25, 0.3) is 0 Å². The van der Waals surface area contributed by atoms with Gasteiger partial charge in [0.2, 0.25) is 0 Å². The standard InChI is InChI=1S/C46H80Br2S2/c1-3-5-7-9-11-13-15-17-19-21-23-25-27-29-31-33-35-37-41-39-43(49-45(41)47)44-40-42(46(48)50-44)38-36-34-32-30-28-26-24-22-20-18-16-14-12-10-8-6-4-2/h39-40H,3-38H2,1-2H3. The Balaban J connectivity index is 1.43. The highest BCUT2D eigenvalue weighted by Gasteiger charge is 2.13. The minimum Gasteiger partial charge on any atom is -0.127 e. The molecule has 0 amide bonds. The van der Waals surface area contributed by atoms with E-state index in [1.165, 1.54) is 260 Å². The maximum Gasteiger partial charge on any atom is 0.0737 e. The van der Waals surface area contributed by atoms with Gasteiger partial charge in [-0.3, -0.25) is 0 Å². The fourth-order valence-electron chi connectivity index (χ4n) is 7.48. The number of aryl methyl sites for hydroxylation is 2. The van der Waals surface area contributed by atoms with Gasteiger partial charge in [0.15, 0.2) is 0 Å². The molecule has 0 aliphatic rings. The zero-order valence-electron chi connectivity index (χ0n) is 33.2. The average molecular weight is 857 g/mol. The normalized spacial score (nSPS) is 11.7. The molecule has 0 aliphatic carbocycles. The van der Waals surface area contributed by atoms with Crippen LogP contribution in [0.15, 0.2) is 19.7 Å². The second-order valence-electron chi connectivity index (χ2n) is 15.6. The van der Waals surface area contributed by atoms with E-state index in [2.05, 4.69) is 57.8 Å². The highest BCUT2D eigenvalue weighted by molar-refractivity contribution is 9.11. The minimum absolute atomic E-state index is 1.22. The van der Waals surface area contributed by atoms with E-state index in [0.717, 1.165) is 0 Å². The quantitative estimate of drug-likeness (QED) is 0.0594. The van der Waals surface area contributed by atoms with Crippen molar-refractivity contribution < 1.29 is 0 Å². The van der Waals surface area contributed by atoms with Crippen molar-refractivity contribution in [2.45, 2.75) is 245 Å². The van der Waals surface area contributed by atoms with Gasteiger partial charge < -0.3 is 0 Å². The van der Waals surface area contributed by atoms with Gasteiger partial charge in [-0.25, -0.2) is 0 Å². The van der Waals surface area contributed by atoms with Gasteiger partial charge in [-0.2, -0.15) is 0 Å². The second-order valence-corrected chi connectivity index (χ2v) is 20.4. The number of hydrogen-bond acceptors (Lipinski definition) is 2. The Labute approximate surface area is 337 Å². The molecule has 0 radical (unpaired) electrons. The topological polar surface area (TPSA) is 0 Å². The molecule has 0 N–H and O–H groups in total. The van der Waals surface area contributed by atoms with Gasteiger partial charge in [-0.1, -0.05) is 219 Å². The van der Waals surface area contributed by atoms with Crippen molar-refractivity contribution in [3.8, 4) is 9.75 Å². The predicted octanol–water partition coefficient (Wildman–Crippen LogP) is 19.4. The van der Waals surface area contributed by atoms with E-state index in [4.69, 9.17) is 0 Å². The minimum atomic E-state index is 1.22. The third kappa shape index (κ3) is 24.6. The lowest BCUT2D eigenvalue weighted by Crippen LogP contribution is -1.86. The van der Waals surface area contributed by atoms with Crippen LogP contribution in [0.2, 0.25) is 0 Å². The molecule has 0 aliphatic heterocycles. The first kappa shape index (κ1) is 46.5.